The Morgan fingerprint density at radius 2 is 1.71 bits per heavy atom. The second-order valence-corrected chi connectivity index (χ2v) is 7.03. The molecular weight excluding hydrogens is 274 g/mol. The van der Waals surface area contributed by atoms with Crippen molar-refractivity contribution in [1.29, 1.82) is 0 Å². The van der Waals surface area contributed by atoms with Crippen LogP contribution in [0.3, 0.4) is 0 Å². The van der Waals surface area contributed by atoms with Crippen molar-refractivity contribution in [3.05, 3.63) is 0 Å². The summed E-state index contributed by atoms with van der Waals surface area (Å²) in [4.78, 5) is 25.3. The summed E-state index contributed by atoms with van der Waals surface area (Å²) in [7, 11) is 0. The van der Waals surface area contributed by atoms with E-state index >= 15 is 0 Å². The molecule has 7 heteroatoms. The van der Waals surface area contributed by atoms with Crippen molar-refractivity contribution in [2.24, 2.45) is 0 Å². The Bertz CT molecular complexity index is 385. The molecule has 122 valence electrons. The molecule has 0 aromatic carbocycles. The van der Waals surface area contributed by atoms with Crippen LogP contribution in [-0.2, 0) is 9.47 Å². The van der Waals surface area contributed by atoms with Gasteiger partial charge in [-0.25, -0.2) is 9.59 Å². The standard InChI is InChI=1S/C14H27N3O4/c1-13(2,3)20-11(18)16-9-10-15-7-8-17(10)12(19)21-14(4,5)6/h10,15H,7-9H2,1-6H3,(H,16,18). The first-order valence-corrected chi connectivity index (χ1v) is 7.18. The first-order valence-electron chi connectivity index (χ1n) is 7.18. The van der Waals surface area contributed by atoms with Crippen LogP contribution in [0.5, 0.6) is 0 Å². The molecule has 1 atom stereocenters. The van der Waals surface area contributed by atoms with Crippen molar-refractivity contribution in [3.63, 3.8) is 0 Å². The van der Waals surface area contributed by atoms with Gasteiger partial charge in [0.05, 0.1) is 6.54 Å². The number of amides is 2. The molecule has 0 saturated carbocycles. The third-order valence-corrected chi connectivity index (χ3v) is 2.58. The molecule has 2 amide bonds. The summed E-state index contributed by atoms with van der Waals surface area (Å²) in [5.74, 6) is 0. The molecule has 1 fully saturated rings. The molecule has 0 aliphatic carbocycles. The Morgan fingerprint density at radius 1 is 1.14 bits per heavy atom. The van der Waals surface area contributed by atoms with Gasteiger partial charge in [0.15, 0.2) is 0 Å². The minimum Gasteiger partial charge on any atom is -0.444 e. The number of nitrogens with zero attached hydrogens (tertiary/aromatic N) is 1. The van der Waals surface area contributed by atoms with Crippen LogP contribution in [0, 0.1) is 0 Å². The summed E-state index contributed by atoms with van der Waals surface area (Å²) in [6.45, 7) is 12.4. The Balaban J connectivity index is 2.47. The molecule has 1 saturated heterocycles. The lowest BCUT2D eigenvalue weighted by Gasteiger charge is -2.28. The molecular formula is C14H27N3O4. The van der Waals surface area contributed by atoms with Crippen molar-refractivity contribution in [1.82, 2.24) is 15.5 Å². The zero-order valence-electron chi connectivity index (χ0n) is 13.8. The largest absolute Gasteiger partial charge is 0.444 e. The Labute approximate surface area is 126 Å². The highest BCUT2D eigenvalue weighted by atomic mass is 16.6. The molecule has 0 bridgehead atoms. The maximum atomic E-state index is 12.1. The predicted molar refractivity (Wildman–Crippen MR) is 79.0 cm³/mol. The van der Waals surface area contributed by atoms with Gasteiger partial charge in [-0.15, -0.1) is 0 Å². The van der Waals surface area contributed by atoms with Gasteiger partial charge in [0.1, 0.15) is 17.4 Å². The van der Waals surface area contributed by atoms with Crippen LogP contribution in [0.1, 0.15) is 41.5 Å². The minimum atomic E-state index is -0.544. The van der Waals surface area contributed by atoms with Crippen molar-refractivity contribution in [2.45, 2.75) is 58.9 Å². The lowest BCUT2D eigenvalue weighted by atomic mass is 10.2. The number of rotatable bonds is 2. The molecule has 1 aliphatic heterocycles. The fourth-order valence-corrected chi connectivity index (χ4v) is 1.83. The number of hydrogen-bond donors (Lipinski definition) is 2. The Hall–Kier alpha value is -1.50. The molecule has 0 aromatic heterocycles. The van der Waals surface area contributed by atoms with Crippen LogP contribution in [0.2, 0.25) is 0 Å². The molecule has 7 nitrogen and oxygen atoms in total. The molecule has 1 heterocycles. The highest BCUT2D eigenvalue weighted by Crippen LogP contribution is 2.13. The van der Waals surface area contributed by atoms with Gasteiger partial charge in [-0.1, -0.05) is 0 Å². The van der Waals surface area contributed by atoms with Crippen molar-refractivity contribution in [3.8, 4) is 0 Å². The van der Waals surface area contributed by atoms with E-state index in [4.69, 9.17) is 9.47 Å². The van der Waals surface area contributed by atoms with Gasteiger partial charge in [0.25, 0.3) is 0 Å². The average molecular weight is 301 g/mol. The van der Waals surface area contributed by atoms with E-state index in [0.717, 1.165) is 0 Å². The third kappa shape index (κ3) is 6.66. The molecule has 0 spiro atoms. The lowest BCUT2D eigenvalue weighted by Crippen LogP contribution is -2.49. The SMILES string of the molecule is CC(C)(C)OC(=O)NCC1NCCN1C(=O)OC(C)(C)C. The van der Waals surface area contributed by atoms with E-state index in [9.17, 15) is 9.59 Å². The van der Waals surface area contributed by atoms with Gasteiger partial charge < -0.3 is 14.8 Å². The monoisotopic (exact) mass is 301 g/mol. The highest BCUT2D eigenvalue weighted by Gasteiger charge is 2.32. The van der Waals surface area contributed by atoms with E-state index in [2.05, 4.69) is 10.6 Å². The summed E-state index contributed by atoms with van der Waals surface area (Å²) < 4.78 is 10.5. The van der Waals surface area contributed by atoms with Crippen LogP contribution in [-0.4, -0.2) is 54.1 Å². The van der Waals surface area contributed by atoms with E-state index in [1.807, 2.05) is 20.8 Å². The number of carbonyl (C=O) groups excluding carboxylic acids is 2. The molecule has 1 rings (SSSR count). The summed E-state index contributed by atoms with van der Waals surface area (Å²) in [5, 5.41) is 5.80. The molecule has 0 radical (unpaired) electrons. The zero-order valence-corrected chi connectivity index (χ0v) is 13.8. The summed E-state index contributed by atoms with van der Waals surface area (Å²) in [6, 6.07) is 0. The second-order valence-electron chi connectivity index (χ2n) is 7.03. The smallest absolute Gasteiger partial charge is 0.411 e. The fourth-order valence-electron chi connectivity index (χ4n) is 1.83. The predicted octanol–water partition coefficient (Wildman–Crippen LogP) is 1.68. The molecule has 21 heavy (non-hydrogen) atoms. The van der Waals surface area contributed by atoms with Crippen LogP contribution in [0.4, 0.5) is 9.59 Å². The second kappa shape index (κ2) is 6.51. The lowest BCUT2D eigenvalue weighted by molar-refractivity contribution is 0.0202. The fraction of sp³-hybridized carbons (Fsp3) is 0.857. The number of alkyl carbamates (subject to hydrolysis) is 1. The van der Waals surface area contributed by atoms with Gasteiger partial charge in [-0.05, 0) is 41.5 Å². The maximum absolute atomic E-state index is 12.1. The van der Waals surface area contributed by atoms with Gasteiger partial charge in [0, 0.05) is 13.1 Å². The highest BCUT2D eigenvalue weighted by molar-refractivity contribution is 5.70. The van der Waals surface area contributed by atoms with Crippen LogP contribution in [0.25, 0.3) is 0 Å². The van der Waals surface area contributed by atoms with E-state index in [1.165, 1.54) is 0 Å². The number of nitrogens with one attached hydrogen (secondary N) is 2. The zero-order chi connectivity index (χ0) is 16.3. The summed E-state index contributed by atoms with van der Waals surface area (Å²) >= 11 is 0. The maximum Gasteiger partial charge on any atom is 0.411 e. The van der Waals surface area contributed by atoms with E-state index in [-0.39, 0.29) is 18.8 Å². The van der Waals surface area contributed by atoms with Gasteiger partial charge >= 0.3 is 12.2 Å². The molecule has 1 unspecified atom stereocenters. The average Bonchev–Trinajstić information content (AvgIpc) is 2.69. The van der Waals surface area contributed by atoms with Crippen molar-refractivity contribution < 1.29 is 19.1 Å². The van der Waals surface area contributed by atoms with Crippen LogP contribution in [0.15, 0.2) is 0 Å². The normalized spacial score (nSPS) is 19.3. The van der Waals surface area contributed by atoms with Crippen LogP contribution < -0.4 is 10.6 Å². The van der Waals surface area contributed by atoms with Gasteiger partial charge in [0.2, 0.25) is 0 Å². The minimum absolute atomic E-state index is 0.272. The Morgan fingerprint density at radius 3 is 2.24 bits per heavy atom. The van der Waals surface area contributed by atoms with E-state index in [1.54, 1.807) is 25.7 Å². The van der Waals surface area contributed by atoms with Gasteiger partial charge in [-0.2, -0.15) is 0 Å². The number of ether oxygens (including phenoxy) is 2. The first-order chi connectivity index (χ1) is 9.48. The quantitative estimate of drug-likeness (QED) is 0.811. The Kier molecular flexibility index (Phi) is 5.44. The van der Waals surface area contributed by atoms with Crippen LogP contribution >= 0.6 is 0 Å². The van der Waals surface area contributed by atoms with Crippen molar-refractivity contribution >= 4 is 12.2 Å². The number of carbonyl (C=O) groups is 2. The topological polar surface area (TPSA) is 79.9 Å². The van der Waals surface area contributed by atoms with Crippen molar-refractivity contribution in [2.75, 3.05) is 19.6 Å². The number of hydrogen-bond acceptors (Lipinski definition) is 5. The van der Waals surface area contributed by atoms with Gasteiger partial charge in [-0.3, -0.25) is 10.2 Å². The molecule has 0 aromatic rings. The summed E-state index contributed by atoms with van der Waals surface area (Å²) in [5.41, 5.74) is -1.08. The van der Waals surface area contributed by atoms with E-state index < -0.39 is 17.3 Å². The molecule has 1 aliphatic rings. The summed E-state index contributed by atoms with van der Waals surface area (Å²) in [6.07, 6.45) is -1.17. The molecule has 2 N–H and O–H groups in total. The third-order valence-electron chi connectivity index (χ3n) is 2.58. The van der Waals surface area contributed by atoms with E-state index in [0.29, 0.717) is 13.1 Å². The first kappa shape index (κ1) is 17.6.